The Bertz CT molecular complexity index is 292. The normalized spacial score (nSPS) is 11.9. The van der Waals surface area contributed by atoms with Crippen LogP contribution in [0.5, 0.6) is 0 Å². The van der Waals surface area contributed by atoms with Gasteiger partial charge in [0.05, 0.1) is 6.61 Å². The molecule has 1 unspecified atom stereocenters. The Hall–Kier alpha value is -1.30. The lowest BCUT2D eigenvalue weighted by Gasteiger charge is -2.14. The summed E-state index contributed by atoms with van der Waals surface area (Å²) in [4.78, 5) is 21.7. The third-order valence-electron chi connectivity index (χ3n) is 3.38. The number of carbonyl (C=O) groups is 2. The fraction of sp³-hybridized carbons (Fsp3) is 0.875. The molecule has 6 heteroatoms. The Labute approximate surface area is 132 Å². The standard InChI is InChI=1S/C16H30O6/c1-2-3-4-5-6-7-8-9-10-11-15(18)22-14(12-17)13-21-16(19)20/h14,17H,2-13H2,1H3,(H,19,20). The van der Waals surface area contributed by atoms with Crippen LogP contribution in [0, 0.1) is 0 Å². The van der Waals surface area contributed by atoms with Crippen LogP contribution < -0.4 is 0 Å². The Morgan fingerprint density at radius 3 is 2.00 bits per heavy atom. The minimum Gasteiger partial charge on any atom is -0.456 e. The molecule has 0 radical (unpaired) electrons. The fourth-order valence-electron chi connectivity index (χ4n) is 2.11. The minimum atomic E-state index is -1.45. The molecule has 0 aromatic rings. The van der Waals surface area contributed by atoms with Gasteiger partial charge in [-0.1, -0.05) is 58.3 Å². The van der Waals surface area contributed by atoms with Gasteiger partial charge in [-0.25, -0.2) is 4.79 Å². The zero-order valence-electron chi connectivity index (χ0n) is 13.6. The van der Waals surface area contributed by atoms with Crippen LogP contribution in [-0.4, -0.2) is 41.7 Å². The molecule has 0 spiro atoms. The maximum Gasteiger partial charge on any atom is 0.505 e. The van der Waals surface area contributed by atoms with Gasteiger partial charge in [0.2, 0.25) is 0 Å². The quantitative estimate of drug-likeness (QED) is 0.376. The van der Waals surface area contributed by atoms with Crippen LogP contribution in [0.15, 0.2) is 0 Å². The number of aliphatic hydroxyl groups is 1. The van der Waals surface area contributed by atoms with Crippen molar-refractivity contribution in [2.45, 2.75) is 77.2 Å². The van der Waals surface area contributed by atoms with E-state index in [4.69, 9.17) is 14.9 Å². The van der Waals surface area contributed by atoms with Gasteiger partial charge in [0, 0.05) is 6.42 Å². The van der Waals surface area contributed by atoms with Crippen molar-refractivity contribution in [3.05, 3.63) is 0 Å². The molecule has 22 heavy (non-hydrogen) atoms. The SMILES string of the molecule is CCCCCCCCCCCC(=O)OC(CO)COC(=O)O. The molecule has 0 fully saturated rings. The van der Waals surface area contributed by atoms with Crippen LogP contribution in [0.3, 0.4) is 0 Å². The summed E-state index contributed by atoms with van der Waals surface area (Å²) in [6.07, 6.45) is 8.40. The number of carboxylic acid groups (broad SMARTS) is 1. The van der Waals surface area contributed by atoms with Crippen molar-refractivity contribution in [3.63, 3.8) is 0 Å². The van der Waals surface area contributed by atoms with E-state index in [1.165, 1.54) is 38.5 Å². The lowest BCUT2D eigenvalue weighted by molar-refractivity contribution is -0.154. The Morgan fingerprint density at radius 1 is 0.955 bits per heavy atom. The van der Waals surface area contributed by atoms with Gasteiger partial charge in [0.1, 0.15) is 6.61 Å². The molecular formula is C16H30O6. The van der Waals surface area contributed by atoms with Crippen molar-refractivity contribution < 1.29 is 29.3 Å². The first-order chi connectivity index (χ1) is 10.6. The Kier molecular flexibility index (Phi) is 13.8. The Balaban J connectivity index is 3.49. The second-order valence-electron chi connectivity index (χ2n) is 5.45. The average molecular weight is 318 g/mol. The number of unbranched alkanes of at least 4 members (excludes halogenated alkanes) is 8. The lowest BCUT2D eigenvalue weighted by Crippen LogP contribution is -2.28. The summed E-state index contributed by atoms with van der Waals surface area (Å²) in [6.45, 7) is 1.42. The number of esters is 1. The van der Waals surface area contributed by atoms with E-state index >= 15 is 0 Å². The largest absolute Gasteiger partial charge is 0.505 e. The first kappa shape index (κ1) is 20.7. The summed E-state index contributed by atoms with van der Waals surface area (Å²) in [7, 11) is 0. The van der Waals surface area contributed by atoms with E-state index < -0.39 is 24.8 Å². The highest BCUT2D eigenvalue weighted by Crippen LogP contribution is 2.11. The van der Waals surface area contributed by atoms with Crippen LogP contribution in [-0.2, 0) is 14.3 Å². The average Bonchev–Trinajstić information content (AvgIpc) is 2.49. The van der Waals surface area contributed by atoms with Gasteiger partial charge in [0.25, 0.3) is 0 Å². The number of carbonyl (C=O) groups excluding carboxylic acids is 1. The van der Waals surface area contributed by atoms with Crippen molar-refractivity contribution in [2.75, 3.05) is 13.2 Å². The Morgan fingerprint density at radius 2 is 1.50 bits per heavy atom. The van der Waals surface area contributed by atoms with E-state index in [2.05, 4.69) is 11.7 Å². The molecule has 0 heterocycles. The lowest BCUT2D eigenvalue weighted by atomic mass is 10.1. The molecular weight excluding hydrogens is 288 g/mol. The van der Waals surface area contributed by atoms with Crippen LogP contribution in [0.25, 0.3) is 0 Å². The van der Waals surface area contributed by atoms with Gasteiger partial charge in [-0.2, -0.15) is 0 Å². The van der Waals surface area contributed by atoms with E-state index in [0.29, 0.717) is 6.42 Å². The zero-order chi connectivity index (χ0) is 16.6. The highest BCUT2D eigenvalue weighted by Gasteiger charge is 2.15. The summed E-state index contributed by atoms with van der Waals surface area (Å²) in [5.41, 5.74) is 0. The van der Waals surface area contributed by atoms with Gasteiger partial charge >= 0.3 is 12.1 Å². The maximum atomic E-state index is 11.5. The number of ether oxygens (including phenoxy) is 2. The minimum absolute atomic E-state index is 0.291. The van der Waals surface area contributed by atoms with Gasteiger partial charge in [-0.05, 0) is 6.42 Å². The molecule has 0 rings (SSSR count). The molecule has 0 aromatic heterocycles. The van der Waals surface area contributed by atoms with Gasteiger partial charge in [-0.15, -0.1) is 0 Å². The molecule has 2 N–H and O–H groups in total. The monoisotopic (exact) mass is 318 g/mol. The third-order valence-corrected chi connectivity index (χ3v) is 3.38. The van der Waals surface area contributed by atoms with E-state index in [1.54, 1.807) is 0 Å². The van der Waals surface area contributed by atoms with Gasteiger partial charge in [-0.3, -0.25) is 4.79 Å². The first-order valence-electron chi connectivity index (χ1n) is 8.26. The van der Waals surface area contributed by atoms with E-state index in [9.17, 15) is 9.59 Å². The number of aliphatic hydroxyl groups excluding tert-OH is 1. The van der Waals surface area contributed by atoms with E-state index in [1.807, 2.05) is 0 Å². The predicted octanol–water partition coefficient (Wildman–Crippen LogP) is 3.51. The van der Waals surface area contributed by atoms with Crippen molar-refractivity contribution in [3.8, 4) is 0 Å². The summed E-state index contributed by atoms with van der Waals surface area (Å²) in [5.74, 6) is -0.420. The third kappa shape index (κ3) is 13.7. The molecule has 0 bridgehead atoms. The second-order valence-corrected chi connectivity index (χ2v) is 5.45. The zero-order valence-corrected chi connectivity index (χ0v) is 13.6. The highest BCUT2D eigenvalue weighted by molar-refractivity contribution is 5.69. The first-order valence-corrected chi connectivity index (χ1v) is 8.26. The molecule has 0 aliphatic heterocycles. The molecule has 0 aliphatic rings. The van der Waals surface area contributed by atoms with Crippen LogP contribution >= 0.6 is 0 Å². The number of hydrogen-bond donors (Lipinski definition) is 2. The van der Waals surface area contributed by atoms with E-state index in [-0.39, 0.29) is 6.61 Å². The molecule has 1 atom stereocenters. The molecule has 0 aliphatic carbocycles. The molecule has 0 saturated heterocycles. The molecule has 0 saturated carbocycles. The summed E-state index contributed by atoms with van der Waals surface area (Å²) in [6, 6.07) is 0. The number of rotatable bonds is 14. The van der Waals surface area contributed by atoms with Crippen LogP contribution in [0.4, 0.5) is 4.79 Å². The van der Waals surface area contributed by atoms with Crippen molar-refractivity contribution in [1.29, 1.82) is 0 Å². The van der Waals surface area contributed by atoms with Crippen LogP contribution in [0.2, 0.25) is 0 Å². The molecule has 130 valence electrons. The van der Waals surface area contributed by atoms with Gasteiger partial charge < -0.3 is 19.7 Å². The van der Waals surface area contributed by atoms with Crippen molar-refractivity contribution in [1.82, 2.24) is 0 Å². The molecule has 0 aromatic carbocycles. The summed E-state index contributed by atoms with van der Waals surface area (Å²) < 4.78 is 9.22. The molecule has 6 nitrogen and oxygen atoms in total. The van der Waals surface area contributed by atoms with Crippen LogP contribution in [0.1, 0.15) is 71.1 Å². The second kappa shape index (κ2) is 14.6. The van der Waals surface area contributed by atoms with Crippen molar-refractivity contribution >= 4 is 12.1 Å². The summed E-state index contributed by atoms with van der Waals surface area (Å²) in [5, 5.41) is 17.3. The fourth-order valence-corrected chi connectivity index (χ4v) is 2.11. The molecule has 0 amide bonds. The smallest absolute Gasteiger partial charge is 0.456 e. The highest BCUT2D eigenvalue weighted by atomic mass is 16.7. The van der Waals surface area contributed by atoms with E-state index in [0.717, 1.165) is 19.3 Å². The van der Waals surface area contributed by atoms with Crippen molar-refractivity contribution in [2.24, 2.45) is 0 Å². The number of hydrogen-bond acceptors (Lipinski definition) is 5. The predicted molar refractivity (Wildman–Crippen MR) is 82.8 cm³/mol. The van der Waals surface area contributed by atoms with Gasteiger partial charge in [0.15, 0.2) is 6.10 Å². The summed E-state index contributed by atoms with van der Waals surface area (Å²) >= 11 is 0. The topological polar surface area (TPSA) is 93.1 Å². The maximum absolute atomic E-state index is 11.5.